The number of hydrogen-bond acceptors (Lipinski definition) is 6. The highest BCUT2D eigenvalue weighted by Crippen LogP contribution is 2.32. The fraction of sp³-hybridized carbons (Fsp3) is 0.333. The molecule has 0 saturated heterocycles. The second-order valence-electron chi connectivity index (χ2n) is 5.84. The number of ether oxygens (including phenoxy) is 2. The van der Waals surface area contributed by atoms with Crippen LogP contribution in [-0.4, -0.2) is 35.9 Å². The first-order chi connectivity index (χ1) is 13.1. The molecule has 0 amide bonds. The summed E-state index contributed by atoms with van der Waals surface area (Å²) in [6, 6.07) is 13.9. The Labute approximate surface area is 158 Å². The summed E-state index contributed by atoms with van der Waals surface area (Å²) in [6.45, 7) is 3.73. The van der Waals surface area contributed by atoms with E-state index in [-0.39, 0.29) is 25.3 Å². The molecule has 0 aliphatic heterocycles. The third-order valence-electron chi connectivity index (χ3n) is 4.06. The Bertz CT molecular complexity index is 761. The molecule has 6 nitrogen and oxygen atoms in total. The Morgan fingerprint density at radius 2 is 1.59 bits per heavy atom. The molecule has 142 valence electrons. The van der Waals surface area contributed by atoms with Gasteiger partial charge in [-0.15, -0.1) is 0 Å². The molecular formula is C21H23NO5. The van der Waals surface area contributed by atoms with E-state index in [9.17, 15) is 14.4 Å². The predicted molar refractivity (Wildman–Crippen MR) is 99.1 cm³/mol. The van der Waals surface area contributed by atoms with Gasteiger partial charge in [0.25, 0.3) is 0 Å². The van der Waals surface area contributed by atoms with E-state index in [1.54, 1.807) is 56.3 Å². The van der Waals surface area contributed by atoms with Gasteiger partial charge in [-0.3, -0.25) is 19.4 Å². The predicted octanol–water partition coefficient (Wildman–Crippen LogP) is 3.18. The van der Waals surface area contributed by atoms with Crippen molar-refractivity contribution in [3.63, 3.8) is 0 Å². The quantitative estimate of drug-likeness (QED) is 0.384. The molecule has 0 spiro atoms. The van der Waals surface area contributed by atoms with Crippen molar-refractivity contribution in [3.8, 4) is 0 Å². The largest absolute Gasteiger partial charge is 0.466 e. The number of aromatic nitrogens is 1. The van der Waals surface area contributed by atoms with Gasteiger partial charge in [-0.2, -0.15) is 0 Å². The Balaban J connectivity index is 2.46. The van der Waals surface area contributed by atoms with Gasteiger partial charge in [-0.25, -0.2) is 0 Å². The Morgan fingerprint density at radius 1 is 0.926 bits per heavy atom. The highest BCUT2D eigenvalue weighted by Gasteiger charge is 2.39. The van der Waals surface area contributed by atoms with Crippen LogP contribution in [0, 0.1) is 5.92 Å². The zero-order chi connectivity index (χ0) is 19.6. The maximum atomic E-state index is 13.1. The molecular weight excluding hydrogens is 346 g/mol. The van der Waals surface area contributed by atoms with Crippen molar-refractivity contribution < 1.29 is 23.9 Å². The first kappa shape index (κ1) is 20.3. The summed E-state index contributed by atoms with van der Waals surface area (Å²) in [7, 11) is 0. The zero-order valence-electron chi connectivity index (χ0n) is 15.5. The lowest BCUT2D eigenvalue weighted by molar-refractivity contribution is -0.148. The van der Waals surface area contributed by atoms with Gasteiger partial charge in [0.05, 0.1) is 19.6 Å². The smallest absolute Gasteiger partial charge is 0.317 e. The number of rotatable bonds is 9. The van der Waals surface area contributed by atoms with E-state index in [1.165, 1.54) is 6.20 Å². The highest BCUT2D eigenvalue weighted by atomic mass is 16.5. The molecule has 0 aliphatic carbocycles. The minimum atomic E-state index is -1.19. The molecule has 0 saturated carbocycles. The van der Waals surface area contributed by atoms with Crippen molar-refractivity contribution in [3.05, 3.63) is 66.0 Å². The number of carbonyl (C=O) groups is 3. The van der Waals surface area contributed by atoms with Gasteiger partial charge < -0.3 is 9.47 Å². The first-order valence-corrected chi connectivity index (χ1v) is 8.90. The average Bonchev–Trinajstić information content (AvgIpc) is 2.69. The fourth-order valence-electron chi connectivity index (χ4n) is 2.88. The zero-order valence-corrected chi connectivity index (χ0v) is 15.5. The van der Waals surface area contributed by atoms with Crippen LogP contribution in [-0.2, 0) is 19.1 Å². The van der Waals surface area contributed by atoms with Crippen molar-refractivity contribution in [1.82, 2.24) is 4.98 Å². The van der Waals surface area contributed by atoms with Crippen LogP contribution in [0.5, 0.6) is 0 Å². The summed E-state index contributed by atoms with van der Waals surface area (Å²) >= 11 is 0. The minimum absolute atomic E-state index is 0.111. The molecule has 0 radical (unpaired) electrons. The summed E-state index contributed by atoms with van der Waals surface area (Å²) in [5, 5.41) is 0. The SMILES string of the molecule is CCOC(=O)CC(c1ccccc1)C(C(=O)OCC)C(=O)c1ccccn1. The summed E-state index contributed by atoms with van der Waals surface area (Å²) < 4.78 is 10.2. The van der Waals surface area contributed by atoms with Crippen LogP contribution in [0.3, 0.4) is 0 Å². The highest BCUT2D eigenvalue weighted by molar-refractivity contribution is 6.08. The molecule has 0 fully saturated rings. The van der Waals surface area contributed by atoms with Gasteiger partial charge >= 0.3 is 11.9 Å². The van der Waals surface area contributed by atoms with Crippen LogP contribution in [0.25, 0.3) is 0 Å². The Morgan fingerprint density at radius 3 is 2.19 bits per heavy atom. The van der Waals surface area contributed by atoms with Crippen molar-refractivity contribution in [2.45, 2.75) is 26.2 Å². The second kappa shape index (κ2) is 10.2. The number of ketones is 1. The summed E-state index contributed by atoms with van der Waals surface area (Å²) in [4.78, 5) is 42.0. The lowest BCUT2D eigenvalue weighted by atomic mass is 9.80. The molecule has 0 N–H and O–H groups in total. The molecule has 1 heterocycles. The van der Waals surface area contributed by atoms with Crippen molar-refractivity contribution >= 4 is 17.7 Å². The molecule has 2 rings (SSSR count). The van der Waals surface area contributed by atoms with Gasteiger partial charge in [0, 0.05) is 12.1 Å². The average molecular weight is 369 g/mol. The van der Waals surface area contributed by atoms with Crippen molar-refractivity contribution in [1.29, 1.82) is 0 Å². The number of nitrogens with zero attached hydrogens (tertiary/aromatic N) is 1. The lowest BCUT2D eigenvalue weighted by Crippen LogP contribution is -2.34. The standard InChI is InChI=1S/C21H23NO5/c1-3-26-18(23)14-16(15-10-6-5-7-11-15)19(21(25)27-4-2)20(24)17-12-8-9-13-22-17/h5-13,16,19H,3-4,14H2,1-2H3. The first-order valence-electron chi connectivity index (χ1n) is 8.90. The van der Waals surface area contributed by atoms with Crippen molar-refractivity contribution in [2.75, 3.05) is 13.2 Å². The minimum Gasteiger partial charge on any atom is -0.466 e. The maximum Gasteiger partial charge on any atom is 0.317 e. The van der Waals surface area contributed by atoms with Crippen LogP contribution in [0.1, 0.15) is 42.2 Å². The molecule has 2 unspecified atom stereocenters. The van der Waals surface area contributed by atoms with E-state index in [1.807, 2.05) is 6.07 Å². The van der Waals surface area contributed by atoms with Crippen LogP contribution in [0.15, 0.2) is 54.7 Å². The Kier molecular flexibility index (Phi) is 7.67. The number of benzene rings is 1. The van der Waals surface area contributed by atoms with Crippen LogP contribution >= 0.6 is 0 Å². The van der Waals surface area contributed by atoms with E-state index in [0.29, 0.717) is 5.56 Å². The molecule has 2 atom stereocenters. The molecule has 27 heavy (non-hydrogen) atoms. The van der Waals surface area contributed by atoms with Crippen LogP contribution < -0.4 is 0 Å². The van der Waals surface area contributed by atoms with Crippen LogP contribution in [0.4, 0.5) is 0 Å². The number of esters is 2. The Hall–Kier alpha value is -3.02. The lowest BCUT2D eigenvalue weighted by Gasteiger charge is -2.24. The van der Waals surface area contributed by atoms with Gasteiger partial charge in [-0.1, -0.05) is 36.4 Å². The van der Waals surface area contributed by atoms with Gasteiger partial charge in [-0.05, 0) is 31.5 Å². The molecule has 0 bridgehead atoms. The molecule has 1 aromatic heterocycles. The van der Waals surface area contributed by atoms with E-state index in [0.717, 1.165) is 0 Å². The normalized spacial score (nSPS) is 12.7. The van der Waals surface area contributed by atoms with E-state index < -0.39 is 29.6 Å². The number of carbonyl (C=O) groups excluding carboxylic acids is 3. The number of Topliss-reactive ketones (excluding diaryl/α,β-unsaturated/α-hetero) is 1. The fourth-order valence-corrected chi connectivity index (χ4v) is 2.88. The van der Waals surface area contributed by atoms with Gasteiger partial charge in [0.2, 0.25) is 0 Å². The summed E-state index contributed by atoms with van der Waals surface area (Å²) in [6.07, 6.45) is 1.37. The van der Waals surface area contributed by atoms with Crippen LogP contribution in [0.2, 0.25) is 0 Å². The third kappa shape index (κ3) is 5.48. The monoisotopic (exact) mass is 369 g/mol. The summed E-state index contributed by atoms with van der Waals surface area (Å²) in [5.74, 6) is -3.53. The summed E-state index contributed by atoms with van der Waals surface area (Å²) in [5.41, 5.74) is 0.841. The van der Waals surface area contributed by atoms with E-state index in [4.69, 9.17) is 9.47 Å². The topological polar surface area (TPSA) is 82.6 Å². The van der Waals surface area contributed by atoms with Gasteiger partial charge in [0.1, 0.15) is 11.6 Å². The van der Waals surface area contributed by atoms with E-state index in [2.05, 4.69) is 4.98 Å². The third-order valence-corrected chi connectivity index (χ3v) is 4.06. The molecule has 1 aromatic carbocycles. The number of hydrogen-bond donors (Lipinski definition) is 0. The maximum absolute atomic E-state index is 13.1. The molecule has 2 aromatic rings. The van der Waals surface area contributed by atoms with Crippen molar-refractivity contribution in [2.24, 2.45) is 5.92 Å². The second-order valence-corrected chi connectivity index (χ2v) is 5.84. The molecule has 0 aliphatic rings. The van der Waals surface area contributed by atoms with Gasteiger partial charge in [0.15, 0.2) is 5.78 Å². The molecule has 6 heteroatoms. The number of pyridine rings is 1. The van der Waals surface area contributed by atoms with E-state index >= 15 is 0 Å².